The number of aromatic amines is 1. The van der Waals surface area contributed by atoms with Crippen LogP contribution >= 0.6 is 11.8 Å². The Morgan fingerprint density at radius 1 is 1.26 bits per heavy atom. The molecule has 3 rings (SSSR count). The number of hydrogen-bond donors (Lipinski definition) is 1. The Labute approximate surface area is 115 Å². The van der Waals surface area contributed by atoms with Gasteiger partial charge in [-0.25, -0.2) is 0 Å². The van der Waals surface area contributed by atoms with Crippen molar-refractivity contribution in [2.45, 2.75) is 25.0 Å². The average Bonchev–Trinajstić information content (AvgIpc) is 3.04. The van der Waals surface area contributed by atoms with Crippen LogP contribution in [-0.4, -0.2) is 20.9 Å². The molecule has 0 saturated carbocycles. The molecule has 0 spiro atoms. The molecule has 0 saturated heterocycles. The van der Waals surface area contributed by atoms with Crippen LogP contribution in [0.15, 0.2) is 40.0 Å². The fraction of sp³-hybridized carbons (Fsp3) is 0.286. The highest BCUT2D eigenvalue weighted by Crippen LogP contribution is 2.26. The minimum atomic E-state index is 0.551. The molecule has 0 amide bonds. The predicted octanol–water partition coefficient (Wildman–Crippen LogP) is 4.11. The number of nitrogens with zero attached hydrogens (tertiary/aromatic N) is 2. The number of aromatic nitrogens is 3. The summed E-state index contributed by atoms with van der Waals surface area (Å²) in [5.74, 6) is 1.57. The summed E-state index contributed by atoms with van der Waals surface area (Å²) in [7, 11) is 0. The minimum absolute atomic E-state index is 0.551. The summed E-state index contributed by atoms with van der Waals surface area (Å²) in [5, 5.41) is 9.94. The van der Waals surface area contributed by atoms with Crippen molar-refractivity contribution in [1.29, 1.82) is 0 Å². The number of benzene rings is 1. The van der Waals surface area contributed by atoms with Crippen LogP contribution in [0.2, 0.25) is 0 Å². The molecule has 2 heterocycles. The molecule has 0 atom stereocenters. The lowest BCUT2D eigenvalue weighted by Crippen LogP contribution is -1.77. The van der Waals surface area contributed by atoms with Gasteiger partial charge >= 0.3 is 0 Å². The Morgan fingerprint density at radius 2 is 2.16 bits per heavy atom. The van der Waals surface area contributed by atoms with E-state index in [9.17, 15) is 0 Å². The topological polar surface area (TPSA) is 54.7 Å². The zero-order valence-corrected chi connectivity index (χ0v) is 11.5. The molecule has 0 unspecified atom stereocenters. The van der Waals surface area contributed by atoms with Crippen LogP contribution in [0, 0.1) is 0 Å². The van der Waals surface area contributed by atoms with Crippen LogP contribution in [0.3, 0.4) is 0 Å². The van der Waals surface area contributed by atoms with Gasteiger partial charge in [-0.2, -0.15) is 0 Å². The van der Waals surface area contributed by atoms with E-state index in [1.54, 1.807) is 11.8 Å². The van der Waals surface area contributed by atoms with Crippen molar-refractivity contribution >= 4 is 22.7 Å². The van der Waals surface area contributed by atoms with Crippen molar-refractivity contribution in [3.05, 3.63) is 30.3 Å². The van der Waals surface area contributed by atoms with Crippen LogP contribution in [0.1, 0.15) is 19.8 Å². The molecule has 98 valence electrons. The van der Waals surface area contributed by atoms with Crippen LogP contribution in [0.4, 0.5) is 0 Å². The molecule has 0 aliphatic carbocycles. The van der Waals surface area contributed by atoms with Gasteiger partial charge in [-0.3, -0.25) is 0 Å². The van der Waals surface area contributed by atoms with E-state index in [4.69, 9.17) is 4.42 Å². The first-order valence-corrected chi connectivity index (χ1v) is 7.40. The smallest absolute Gasteiger partial charge is 0.276 e. The quantitative estimate of drug-likeness (QED) is 0.561. The SMILES string of the molecule is CCCCSc1nnc(-c2cc3ccccc3[nH]2)o1. The van der Waals surface area contributed by atoms with Crippen LogP contribution in [0.5, 0.6) is 0 Å². The minimum Gasteiger partial charge on any atom is -0.410 e. The number of fused-ring (bicyclic) bond motifs is 1. The normalized spacial score (nSPS) is 11.2. The molecule has 0 aliphatic rings. The second-order valence-electron chi connectivity index (χ2n) is 4.35. The molecular formula is C14H15N3OS. The van der Waals surface area contributed by atoms with Gasteiger partial charge in [-0.05, 0) is 18.6 Å². The van der Waals surface area contributed by atoms with Crippen molar-refractivity contribution < 1.29 is 4.42 Å². The molecule has 4 nitrogen and oxygen atoms in total. The fourth-order valence-corrected chi connectivity index (χ4v) is 2.71. The molecule has 0 radical (unpaired) electrons. The predicted molar refractivity (Wildman–Crippen MR) is 77.2 cm³/mol. The highest BCUT2D eigenvalue weighted by atomic mass is 32.2. The summed E-state index contributed by atoms with van der Waals surface area (Å²) in [6.45, 7) is 2.17. The molecule has 0 aliphatic heterocycles. The first kappa shape index (κ1) is 12.3. The zero-order valence-electron chi connectivity index (χ0n) is 10.7. The average molecular weight is 273 g/mol. The molecule has 0 fully saturated rings. The number of rotatable bonds is 5. The molecular weight excluding hydrogens is 258 g/mol. The largest absolute Gasteiger partial charge is 0.410 e. The first-order valence-electron chi connectivity index (χ1n) is 6.41. The van der Waals surface area contributed by atoms with Crippen molar-refractivity contribution in [3.8, 4) is 11.6 Å². The number of nitrogens with one attached hydrogen (secondary N) is 1. The molecule has 1 N–H and O–H groups in total. The third-order valence-electron chi connectivity index (χ3n) is 2.89. The van der Waals surface area contributed by atoms with Gasteiger partial charge in [-0.15, -0.1) is 10.2 Å². The van der Waals surface area contributed by atoms with Crippen LogP contribution in [-0.2, 0) is 0 Å². The molecule has 1 aromatic carbocycles. The third kappa shape index (κ3) is 2.66. The maximum atomic E-state index is 5.66. The van der Waals surface area contributed by atoms with E-state index in [1.807, 2.05) is 24.3 Å². The molecule has 2 aromatic heterocycles. The van der Waals surface area contributed by atoms with E-state index >= 15 is 0 Å². The highest BCUT2D eigenvalue weighted by molar-refractivity contribution is 7.99. The fourth-order valence-electron chi connectivity index (χ4n) is 1.87. The highest BCUT2D eigenvalue weighted by Gasteiger charge is 2.11. The monoisotopic (exact) mass is 273 g/mol. The van der Waals surface area contributed by atoms with E-state index in [1.165, 1.54) is 6.42 Å². The molecule has 3 aromatic rings. The Morgan fingerprint density at radius 3 is 3.00 bits per heavy atom. The second-order valence-corrected chi connectivity index (χ2v) is 5.39. The van der Waals surface area contributed by atoms with Gasteiger partial charge in [0.1, 0.15) is 5.69 Å². The van der Waals surface area contributed by atoms with Gasteiger partial charge in [0.05, 0.1) is 0 Å². The van der Waals surface area contributed by atoms with Crippen molar-refractivity contribution in [2.75, 3.05) is 5.75 Å². The van der Waals surface area contributed by atoms with Crippen molar-refractivity contribution in [3.63, 3.8) is 0 Å². The number of thioether (sulfide) groups is 1. The van der Waals surface area contributed by atoms with Crippen LogP contribution < -0.4 is 0 Å². The first-order chi connectivity index (χ1) is 9.36. The molecule has 5 heteroatoms. The molecule has 19 heavy (non-hydrogen) atoms. The van der Waals surface area contributed by atoms with E-state index in [0.717, 1.165) is 28.8 Å². The number of H-pyrrole nitrogens is 1. The van der Waals surface area contributed by atoms with Gasteiger partial charge < -0.3 is 9.40 Å². The van der Waals surface area contributed by atoms with E-state index in [0.29, 0.717) is 11.1 Å². The summed E-state index contributed by atoms with van der Waals surface area (Å²) in [4.78, 5) is 3.29. The maximum absolute atomic E-state index is 5.66. The van der Waals surface area contributed by atoms with E-state index in [2.05, 4.69) is 28.2 Å². The zero-order chi connectivity index (χ0) is 13.1. The summed E-state index contributed by atoms with van der Waals surface area (Å²) in [6.07, 6.45) is 2.34. The number of unbranched alkanes of at least 4 members (excludes halogenated alkanes) is 1. The van der Waals surface area contributed by atoms with Gasteiger partial charge in [0.2, 0.25) is 0 Å². The Bertz CT molecular complexity index is 641. The van der Waals surface area contributed by atoms with Crippen molar-refractivity contribution in [2.24, 2.45) is 0 Å². The van der Waals surface area contributed by atoms with E-state index < -0.39 is 0 Å². The Kier molecular flexibility index (Phi) is 3.55. The second kappa shape index (κ2) is 5.48. The van der Waals surface area contributed by atoms with Gasteiger partial charge in [-0.1, -0.05) is 43.3 Å². The van der Waals surface area contributed by atoms with Gasteiger partial charge in [0.15, 0.2) is 0 Å². The Hall–Kier alpha value is -1.75. The standard InChI is InChI=1S/C14H15N3OS/c1-2-3-8-19-14-17-16-13(18-14)12-9-10-6-4-5-7-11(10)15-12/h4-7,9,15H,2-3,8H2,1H3. The van der Waals surface area contributed by atoms with Gasteiger partial charge in [0, 0.05) is 16.7 Å². The van der Waals surface area contributed by atoms with Crippen molar-refractivity contribution in [1.82, 2.24) is 15.2 Å². The summed E-state index contributed by atoms with van der Waals surface area (Å²) in [5.41, 5.74) is 1.95. The lowest BCUT2D eigenvalue weighted by Gasteiger charge is -1.92. The summed E-state index contributed by atoms with van der Waals surface area (Å²) in [6, 6.07) is 10.1. The number of hydrogen-bond acceptors (Lipinski definition) is 4. The Balaban J connectivity index is 1.81. The van der Waals surface area contributed by atoms with Crippen LogP contribution in [0.25, 0.3) is 22.5 Å². The lowest BCUT2D eigenvalue weighted by atomic mass is 10.2. The van der Waals surface area contributed by atoms with E-state index in [-0.39, 0.29) is 0 Å². The maximum Gasteiger partial charge on any atom is 0.276 e. The summed E-state index contributed by atoms with van der Waals surface area (Å²) >= 11 is 1.61. The summed E-state index contributed by atoms with van der Waals surface area (Å²) < 4.78 is 5.66. The molecule has 0 bridgehead atoms. The third-order valence-corrected chi connectivity index (χ3v) is 3.79. The van der Waals surface area contributed by atoms with Gasteiger partial charge in [0.25, 0.3) is 11.1 Å². The number of para-hydroxylation sites is 1. The lowest BCUT2D eigenvalue weighted by molar-refractivity contribution is 0.464.